The van der Waals surface area contributed by atoms with Crippen molar-refractivity contribution in [3.63, 3.8) is 0 Å². The summed E-state index contributed by atoms with van der Waals surface area (Å²) in [5.74, 6) is 0.756. The number of aryl methyl sites for hydroxylation is 1. The average molecular weight is 455 g/mol. The Morgan fingerprint density at radius 1 is 1.03 bits per heavy atom. The van der Waals surface area contributed by atoms with Gasteiger partial charge in [-0.05, 0) is 43.3 Å². The largest absolute Gasteiger partial charge is 0.311 e. The van der Waals surface area contributed by atoms with Gasteiger partial charge in [-0.25, -0.2) is 0 Å². The van der Waals surface area contributed by atoms with Gasteiger partial charge in [0.15, 0.2) is 11.0 Å². The standard InChI is InChI=1S/C25H22N6OS/c1-19-8-10-22(11-9-19)31-24(20-12-15-27-16-13-20)28-29-25(31)33-18-23(32)30(17-5-14-26)21-6-3-2-4-7-21/h2-4,6-13,15-16H,5,17-18H2,1H3. The molecule has 7 nitrogen and oxygen atoms in total. The van der Waals surface area contributed by atoms with Gasteiger partial charge in [-0.1, -0.05) is 47.7 Å². The molecule has 0 atom stereocenters. The van der Waals surface area contributed by atoms with Gasteiger partial charge in [0.05, 0.1) is 18.2 Å². The summed E-state index contributed by atoms with van der Waals surface area (Å²) in [6, 6.07) is 23.4. The first-order chi connectivity index (χ1) is 16.2. The van der Waals surface area contributed by atoms with E-state index < -0.39 is 0 Å². The predicted molar refractivity (Wildman–Crippen MR) is 129 cm³/mol. The number of aromatic nitrogens is 4. The molecule has 0 aliphatic rings. The van der Waals surface area contributed by atoms with E-state index in [1.807, 2.05) is 78.2 Å². The lowest BCUT2D eigenvalue weighted by Crippen LogP contribution is -2.33. The number of pyridine rings is 1. The average Bonchev–Trinajstić information content (AvgIpc) is 3.28. The predicted octanol–water partition coefficient (Wildman–Crippen LogP) is 4.68. The molecule has 4 aromatic rings. The molecular formula is C25H22N6OS. The number of rotatable bonds is 8. The number of carbonyl (C=O) groups excluding carboxylic acids is 1. The molecule has 0 N–H and O–H groups in total. The van der Waals surface area contributed by atoms with Gasteiger partial charge >= 0.3 is 0 Å². The van der Waals surface area contributed by atoms with Crippen LogP contribution >= 0.6 is 11.8 Å². The monoisotopic (exact) mass is 454 g/mol. The lowest BCUT2D eigenvalue weighted by atomic mass is 10.2. The van der Waals surface area contributed by atoms with Crippen molar-refractivity contribution >= 4 is 23.4 Å². The minimum absolute atomic E-state index is 0.0923. The van der Waals surface area contributed by atoms with Crippen LogP contribution in [0.15, 0.2) is 84.3 Å². The summed E-state index contributed by atoms with van der Waals surface area (Å²) in [4.78, 5) is 18.9. The molecule has 0 bridgehead atoms. The molecular weight excluding hydrogens is 432 g/mol. The SMILES string of the molecule is Cc1ccc(-n2c(SCC(=O)N(CCC#N)c3ccccc3)nnc2-c2ccncc2)cc1. The minimum Gasteiger partial charge on any atom is -0.311 e. The molecule has 1 amide bonds. The van der Waals surface area contributed by atoms with Crippen LogP contribution in [0.1, 0.15) is 12.0 Å². The molecule has 0 radical (unpaired) electrons. The third kappa shape index (κ3) is 5.27. The second kappa shape index (κ2) is 10.6. The van der Waals surface area contributed by atoms with Crippen LogP contribution in [0.2, 0.25) is 0 Å². The molecule has 0 aliphatic heterocycles. The second-order valence-corrected chi connectivity index (χ2v) is 8.23. The Labute approximate surface area is 196 Å². The Kier molecular flexibility index (Phi) is 7.12. The van der Waals surface area contributed by atoms with Crippen molar-refractivity contribution in [2.75, 3.05) is 17.2 Å². The summed E-state index contributed by atoms with van der Waals surface area (Å²) < 4.78 is 1.95. The number of nitrogens with zero attached hydrogens (tertiary/aromatic N) is 6. The lowest BCUT2D eigenvalue weighted by Gasteiger charge is -2.21. The molecule has 4 rings (SSSR count). The number of thioether (sulfide) groups is 1. The van der Waals surface area contributed by atoms with Gasteiger partial charge in [0, 0.05) is 35.9 Å². The van der Waals surface area contributed by atoms with Gasteiger partial charge in [0.25, 0.3) is 0 Å². The molecule has 0 aliphatic carbocycles. The molecule has 2 heterocycles. The van der Waals surface area contributed by atoms with E-state index in [1.165, 1.54) is 11.8 Å². The van der Waals surface area contributed by atoms with Crippen LogP contribution in [0.4, 0.5) is 5.69 Å². The highest BCUT2D eigenvalue weighted by Crippen LogP contribution is 2.28. The van der Waals surface area contributed by atoms with Gasteiger partial charge < -0.3 is 4.90 Å². The Balaban J connectivity index is 1.62. The first kappa shape index (κ1) is 22.2. The first-order valence-corrected chi connectivity index (χ1v) is 11.4. The molecule has 2 aromatic heterocycles. The van der Waals surface area contributed by atoms with Gasteiger partial charge in [-0.15, -0.1) is 10.2 Å². The molecule has 2 aromatic carbocycles. The van der Waals surface area contributed by atoms with Gasteiger partial charge in [-0.3, -0.25) is 14.3 Å². The van der Waals surface area contributed by atoms with Crippen molar-refractivity contribution in [1.29, 1.82) is 5.26 Å². The van der Waals surface area contributed by atoms with E-state index in [1.54, 1.807) is 17.3 Å². The summed E-state index contributed by atoms with van der Waals surface area (Å²) >= 11 is 1.33. The van der Waals surface area contributed by atoms with Gasteiger partial charge in [-0.2, -0.15) is 5.26 Å². The van der Waals surface area contributed by atoms with Crippen molar-refractivity contribution < 1.29 is 4.79 Å². The summed E-state index contributed by atoms with van der Waals surface area (Å²) in [6.45, 7) is 2.38. The van der Waals surface area contributed by atoms with E-state index in [2.05, 4.69) is 21.3 Å². The van der Waals surface area contributed by atoms with Gasteiger partial charge in [0.1, 0.15) is 0 Å². The van der Waals surface area contributed by atoms with E-state index in [4.69, 9.17) is 5.26 Å². The Morgan fingerprint density at radius 2 is 1.76 bits per heavy atom. The number of nitriles is 1. The van der Waals surface area contributed by atoms with Crippen LogP contribution < -0.4 is 4.90 Å². The molecule has 0 spiro atoms. The maximum Gasteiger partial charge on any atom is 0.237 e. The number of carbonyl (C=O) groups is 1. The minimum atomic E-state index is -0.0923. The maximum absolute atomic E-state index is 13.1. The zero-order valence-electron chi connectivity index (χ0n) is 18.1. The summed E-state index contributed by atoms with van der Waals surface area (Å²) in [7, 11) is 0. The van der Waals surface area contributed by atoms with Crippen LogP contribution in [-0.2, 0) is 4.79 Å². The highest BCUT2D eigenvalue weighted by molar-refractivity contribution is 7.99. The fraction of sp³-hybridized carbons (Fsp3) is 0.160. The van der Waals surface area contributed by atoms with E-state index in [0.29, 0.717) is 17.5 Å². The maximum atomic E-state index is 13.1. The third-order valence-electron chi connectivity index (χ3n) is 5.00. The van der Waals surface area contributed by atoms with Crippen molar-refractivity contribution in [1.82, 2.24) is 19.7 Å². The molecule has 0 fully saturated rings. The molecule has 33 heavy (non-hydrogen) atoms. The van der Waals surface area contributed by atoms with E-state index in [0.717, 1.165) is 22.5 Å². The zero-order chi connectivity index (χ0) is 23.0. The number of amides is 1. The number of para-hydroxylation sites is 1. The Hall–Kier alpha value is -3.96. The van der Waals surface area contributed by atoms with Gasteiger partial charge in [0.2, 0.25) is 5.91 Å². The number of benzene rings is 2. The number of hydrogen-bond acceptors (Lipinski definition) is 6. The van der Waals surface area contributed by atoms with E-state index in [9.17, 15) is 4.79 Å². The molecule has 164 valence electrons. The smallest absolute Gasteiger partial charge is 0.237 e. The first-order valence-electron chi connectivity index (χ1n) is 10.5. The van der Waals surface area contributed by atoms with Crippen molar-refractivity contribution in [3.8, 4) is 23.1 Å². The highest BCUT2D eigenvalue weighted by atomic mass is 32.2. The molecule has 8 heteroatoms. The van der Waals surface area contributed by atoms with Crippen LogP contribution in [0.5, 0.6) is 0 Å². The van der Waals surface area contributed by atoms with E-state index >= 15 is 0 Å². The van der Waals surface area contributed by atoms with Crippen molar-refractivity contribution in [2.45, 2.75) is 18.5 Å². The van der Waals surface area contributed by atoms with Crippen molar-refractivity contribution in [3.05, 3.63) is 84.7 Å². The summed E-state index contributed by atoms with van der Waals surface area (Å²) in [6.07, 6.45) is 3.69. The summed E-state index contributed by atoms with van der Waals surface area (Å²) in [5, 5.41) is 18.4. The summed E-state index contributed by atoms with van der Waals surface area (Å²) in [5.41, 5.74) is 3.72. The van der Waals surface area contributed by atoms with Crippen LogP contribution in [-0.4, -0.2) is 38.0 Å². The van der Waals surface area contributed by atoms with Crippen LogP contribution in [0.3, 0.4) is 0 Å². The van der Waals surface area contributed by atoms with Crippen LogP contribution in [0.25, 0.3) is 17.1 Å². The van der Waals surface area contributed by atoms with E-state index in [-0.39, 0.29) is 18.1 Å². The van der Waals surface area contributed by atoms with Crippen LogP contribution in [0, 0.1) is 18.3 Å². The molecule has 0 saturated heterocycles. The topological polar surface area (TPSA) is 87.7 Å². The number of hydrogen-bond donors (Lipinski definition) is 0. The second-order valence-electron chi connectivity index (χ2n) is 7.29. The lowest BCUT2D eigenvalue weighted by molar-refractivity contribution is -0.116. The highest BCUT2D eigenvalue weighted by Gasteiger charge is 2.20. The molecule has 0 unspecified atom stereocenters. The molecule has 0 saturated carbocycles. The van der Waals surface area contributed by atoms with Crippen molar-refractivity contribution in [2.24, 2.45) is 0 Å². The fourth-order valence-corrected chi connectivity index (χ4v) is 4.18. The fourth-order valence-electron chi connectivity index (χ4n) is 3.35. The zero-order valence-corrected chi connectivity index (χ0v) is 18.9. The third-order valence-corrected chi connectivity index (χ3v) is 5.92. The number of anilines is 1. The Morgan fingerprint density at radius 3 is 2.45 bits per heavy atom. The normalized spacial score (nSPS) is 10.5. The Bertz CT molecular complexity index is 1250. The quantitative estimate of drug-likeness (QED) is 0.359.